The zero-order chi connectivity index (χ0) is 12.4. The Balaban J connectivity index is 1.82. The van der Waals surface area contributed by atoms with Crippen molar-refractivity contribution < 1.29 is 0 Å². The van der Waals surface area contributed by atoms with E-state index in [1.807, 2.05) is 0 Å². The highest BCUT2D eigenvalue weighted by Gasteiger charge is 2.19. The Morgan fingerprint density at radius 2 is 2.00 bits per heavy atom. The van der Waals surface area contributed by atoms with Crippen molar-refractivity contribution in [3.63, 3.8) is 0 Å². The Morgan fingerprint density at radius 3 is 2.89 bits per heavy atom. The van der Waals surface area contributed by atoms with E-state index >= 15 is 0 Å². The average molecular weight is 246 g/mol. The monoisotopic (exact) mass is 246 g/mol. The van der Waals surface area contributed by atoms with E-state index in [2.05, 4.69) is 21.2 Å². The van der Waals surface area contributed by atoms with Gasteiger partial charge in [0.2, 0.25) is 0 Å². The number of anilines is 1. The second-order valence-corrected chi connectivity index (χ2v) is 5.58. The van der Waals surface area contributed by atoms with E-state index in [-0.39, 0.29) is 0 Å². The molecule has 1 atom stereocenters. The van der Waals surface area contributed by atoms with Crippen molar-refractivity contribution in [3.8, 4) is 0 Å². The average Bonchev–Trinajstić information content (AvgIpc) is 2.63. The quantitative estimate of drug-likeness (QED) is 0.766. The minimum Gasteiger partial charge on any atom is -0.354 e. The third-order valence-corrected chi connectivity index (χ3v) is 4.09. The molecule has 2 N–H and O–H groups in total. The van der Waals surface area contributed by atoms with Gasteiger partial charge in [-0.05, 0) is 50.2 Å². The molecular formula is C14H22N4. The lowest BCUT2D eigenvalue weighted by molar-refractivity contribution is 0.501. The lowest BCUT2D eigenvalue weighted by Gasteiger charge is -2.31. The summed E-state index contributed by atoms with van der Waals surface area (Å²) in [6.45, 7) is 1.99. The first-order chi connectivity index (χ1) is 8.83. The lowest BCUT2D eigenvalue weighted by atomic mass is 10.1. The van der Waals surface area contributed by atoms with Gasteiger partial charge in [-0.1, -0.05) is 6.42 Å². The summed E-state index contributed by atoms with van der Waals surface area (Å²) in [7, 11) is 0. The minimum atomic E-state index is 0.291. The molecule has 4 heteroatoms. The van der Waals surface area contributed by atoms with Crippen LogP contribution in [0.3, 0.4) is 0 Å². The van der Waals surface area contributed by atoms with Crippen LogP contribution >= 0.6 is 0 Å². The third kappa shape index (κ3) is 2.48. The molecule has 1 fully saturated rings. The molecule has 0 unspecified atom stereocenters. The van der Waals surface area contributed by atoms with E-state index < -0.39 is 0 Å². The van der Waals surface area contributed by atoms with Crippen LogP contribution in [0.15, 0.2) is 6.07 Å². The molecule has 0 aromatic carbocycles. The predicted molar refractivity (Wildman–Crippen MR) is 72.7 cm³/mol. The van der Waals surface area contributed by atoms with Crippen LogP contribution in [0.2, 0.25) is 0 Å². The van der Waals surface area contributed by atoms with Crippen LogP contribution in [0.25, 0.3) is 0 Å². The maximum absolute atomic E-state index is 6.04. The van der Waals surface area contributed by atoms with Gasteiger partial charge in [0, 0.05) is 19.1 Å². The Bertz CT molecular complexity index is 418. The lowest BCUT2D eigenvalue weighted by Crippen LogP contribution is -2.43. The number of nitrogens with two attached hydrogens (primary N) is 1. The van der Waals surface area contributed by atoms with Crippen molar-refractivity contribution in [3.05, 3.63) is 17.3 Å². The number of nitrogens with zero attached hydrogens (tertiary/aromatic N) is 3. The zero-order valence-electron chi connectivity index (χ0n) is 10.9. The van der Waals surface area contributed by atoms with Crippen LogP contribution < -0.4 is 10.6 Å². The highest BCUT2D eigenvalue weighted by Crippen LogP contribution is 2.23. The van der Waals surface area contributed by atoms with Crippen molar-refractivity contribution in [2.75, 3.05) is 18.0 Å². The summed E-state index contributed by atoms with van der Waals surface area (Å²) in [5, 5.41) is 8.86. The van der Waals surface area contributed by atoms with E-state index in [4.69, 9.17) is 5.73 Å². The molecule has 0 spiro atoms. The maximum atomic E-state index is 6.04. The molecule has 0 saturated carbocycles. The van der Waals surface area contributed by atoms with Gasteiger partial charge in [0.15, 0.2) is 5.82 Å². The van der Waals surface area contributed by atoms with Gasteiger partial charge in [-0.3, -0.25) is 0 Å². The molecule has 1 aromatic heterocycles. The molecule has 0 radical (unpaired) electrons. The van der Waals surface area contributed by atoms with Crippen LogP contribution in [0.5, 0.6) is 0 Å². The molecule has 2 heterocycles. The molecule has 1 aromatic rings. The maximum Gasteiger partial charge on any atom is 0.151 e. The third-order valence-electron chi connectivity index (χ3n) is 4.09. The number of aromatic nitrogens is 2. The number of fused-ring (bicyclic) bond motifs is 1. The first-order valence-electron chi connectivity index (χ1n) is 7.19. The summed E-state index contributed by atoms with van der Waals surface area (Å²) in [4.78, 5) is 2.30. The molecule has 1 saturated heterocycles. The largest absolute Gasteiger partial charge is 0.354 e. The molecule has 18 heavy (non-hydrogen) atoms. The van der Waals surface area contributed by atoms with Crippen LogP contribution in [-0.2, 0) is 12.8 Å². The van der Waals surface area contributed by atoms with Crippen molar-refractivity contribution in [2.24, 2.45) is 5.73 Å². The SMILES string of the molecule is N[C@@H]1CCCN(c2cc3c(nn2)CCCCC3)C1. The van der Waals surface area contributed by atoms with E-state index in [9.17, 15) is 0 Å². The van der Waals surface area contributed by atoms with Crippen molar-refractivity contribution >= 4 is 5.82 Å². The normalized spacial score (nSPS) is 24.5. The predicted octanol–water partition coefficient (Wildman–Crippen LogP) is 1.67. The Kier molecular flexibility index (Phi) is 3.46. The summed E-state index contributed by atoms with van der Waals surface area (Å²) >= 11 is 0. The molecule has 3 rings (SSSR count). The highest BCUT2D eigenvalue weighted by molar-refractivity contribution is 5.42. The first-order valence-corrected chi connectivity index (χ1v) is 7.19. The van der Waals surface area contributed by atoms with Gasteiger partial charge < -0.3 is 10.6 Å². The Hall–Kier alpha value is -1.16. The summed E-state index contributed by atoms with van der Waals surface area (Å²) in [5.74, 6) is 1.03. The van der Waals surface area contributed by atoms with Crippen molar-refractivity contribution in [2.45, 2.75) is 51.0 Å². The fourth-order valence-electron chi connectivity index (χ4n) is 3.03. The second kappa shape index (κ2) is 5.22. The van der Waals surface area contributed by atoms with Gasteiger partial charge in [0.25, 0.3) is 0 Å². The van der Waals surface area contributed by atoms with Gasteiger partial charge in [0.1, 0.15) is 0 Å². The van der Waals surface area contributed by atoms with Crippen LogP contribution in [0, 0.1) is 0 Å². The smallest absolute Gasteiger partial charge is 0.151 e. The fourth-order valence-corrected chi connectivity index (χ4v) is 3.03. The van der Waals surface area contributed by atoms with Crippen LogP contribution in [0.4, 0.5) is 5.82 Å². The molecule has 0 bridgehead atoms. The van der Waals surface area contributed by atoms with Crippen LogP contribution in [0.1, 0.15) is 43.4 Å². The van der Waals surface area contributed by atoms with E-state index in [0.717, 1.165) is 38.2 Å². The Morgan fingerprint density at radius 1 is 1.11 bits per heavy atom. The minimum absolute atomic E-state index is 0.291. The van der Waals surface area contributed by atoms with Gasteiger partial charge in [-0.25, -0.2) is 0 Å². The van der Waals surface area contributed by atoms with Crippen molar-refractivity contribution in [1.29, 1.82) is 0 Å². The van der Waals surface area contributed by atoms with E-state index in [0.29, 0.717) is 6.04 Å². The van der Waals surface area contributed by atoms with Crippen molar-refractivity contribution in [1.82, 2.24) is 10.2 Å². The summed E-state index contributed by atoms with van der Waals surface area (Å²) in [5.41, 5.74) is 8.67. The van der Waals surface area contributed by atoms with Gasteiger partial charge in [-0.2, -0.15) is 5.10 Å². The molecule has 2 aliphatic rings. The van der Waals surface area contributed by atoms with Gasteiger partial charge in [-0.15, -0.1) is 5.10 Å². The number of piperidine rings is 1. The fraction of sp³-hybridized carbons (Fsp3) is 0.714. The summed E-state index contributed by atoms with van der Waals surface area (Å²) < 4.78 is 0. The van der Waals surface area contributed by atoms with E-state index in [1.54, 1.807) is 0 Å². The standard InChI is InChI=1S/C14H22N4/c15-12-6-4-8-18(10-12)14-9-11-5-2-1-3-7-13(11)16-17-14/h9,12H,1-8,10,15H2/t12-/m1/s1. The molecular weight excluding hydrogens is 224 g/mol. The molecule has 98 valence electrons. The Labute approximate surface area is 109 Å². The first kappa shape index (κ1) is 11.9. The summed E-state index contributed by atoms with van der Waals surface area (Å²) in [6.07, 6.45) is 8.43. The van der Waals surface area contributed by atoms with Crippen LogP contribution in [-0.4, -0.2) is 29.3 Å². The van der Waals surface area contributed by atoms with Gasteiger partial charge in [0.05, 0.1) is 5.69 Å². The summed E-state index contributed by atoms with van der Waals surface area (Å²) in [6, 6.07) is 2.55. The highest BCUT2D eigenvalue weighted by atomic mass is 15.3. The number of aryl methyl sites for hydroxylation is 2. The number of hydrogen-bond acceptors (Lipinski definition) is 4. The topological polar surface area (TPSA) is 55.0 Å². The molecule has 4 nitrogen and oxygen atoms in total. The van der Waals surface area contributed by atoms with E-state index in [1.165, 1.54) is 36.9 Å². The molecule has 0 amide bonds. The van der Waals surface area contributed by atoms with Gasteiger partial charge >= 0.3 is 0 Å². The zero-order valence-corrected chi connectivity index (χ0v) is 10.9. The molecule has 1 aliphatic heterocycles. The number of hydrogen-bond donors (Lipinski definition) is 1. The molecule has 1 aliphatic carbocycles. The second-order valence-electron chi connectivity index (χ2n) is 5.58. The number of rotatable bonds is 1.